The number of nitrogens with zero attached hydrogens (tertiary/aromatic N) is 4. The number of pyridine rings is 1. The lowest BCUT2D eigenvalue weighted by Gasteiger charge is -2.29. The number of nitrogens with one attached hydrogen (secondary N) is 1. The molecule has 1 aliphatic rings. The number of para-hydroxylation sites is 1. The normalized spacial score (nSPS) is 15.1. The van der Waals surface area contributed by atoms with Crippen molar-refractivity contribution < 1.29 is 8.78 Å². The molecule has 1 N–H and O–H groups in total. The van der Waals surface area contributed by atoms with Crippen molar-refractivity contribution in [1.82, 2.24) is 19.4 Å². The van der Waals surface area contributed by atoms with Gasteiger partial charge in [0.05, 0.1) is 32.2 Å². The summed E-state index contributed by atoms with van der Waals surface area (Å²) in [4.78, 5) is 24.0. The molecule has 0 bridgehead atoms. The first-order chi connectivity index (χ1) is 17.3. The third kappa shape index (κ3) is 4.81. The summed E-state index contributed by atoms with van der Waals surface area (Å²) < 4.78 is 29.1. The number of hydrogen-bond donors (Lipinski definition) is 1. The molecule has 10 heteroatoms. The van der Waals surface area contributed by atoms with Crippen LogP contribution in [-0.2, 0) is 0 Å². The molecule has 1 aliphatic heterocycles. The third-order valence-electron chi connectivity index (χ3n) is 6.55. The molecular formula is C26H23Cl2F2N5O. The maximum absolute atomic E-state index is 14.1. The predicted molar refractivity (Wildman–Crippen MR) is 139 cm³/mol. The molecule has 2 aromatic carbocycles. The van der Waals surface area contributed by atoms with E-state index in [1.54, 1.807) is 6.07 Å². The van der Waals surface area contributed by atoms with Gasteiger partial charge in [0.15, 0.2) is 0 Å². The van der Waals surface area contributed by atoms with Gasteiger partial charge in [-0.3, -0.25) is 9.36 Å². The topological polar surface area (TPSA) is 63.1 Å². The number of anilines is 2. The monoisotopic (exact) mass is 529 g/mol. The fourth-order valence-electron chi connectivity index (χ4n) is 4.56. The Labute approximate surface area is 216 Å². The van der Waals surface area contributed by atoms with Crippen LogP contribution in [0.3, 0.4) is 0 Å². The van der Waals surface area contributed by atoms with Gasteiger partial charge in [0.25, 0.3) is 12.0 Å². The Kier molecular flexibility index (Phi) is 6.92. The average Bonchev–Trinajstić information content (AvgIpc) is 2.86. The molecule has 2 aromatic heterocycles. The first-order valence-electron chi connectivity index (χ1n) is 11.5. The minimum Gasteiger partial charge on any atom is -0.324 e. The van der Waals surface area contributed by atoms with Crippen LogP contribution in [0.25, 0.3) is 16.6 Å². The molecule has 36 heavy (non-hydrogen) atoms. The van der Waals surface area contributed by atoms with Crippen molar-refractivity contribution in [2.24, 2.45) is 0 Å². The summed E-state index contributed by atoms with van der Waals surface area (Å²) in [7, 11) is 2.13. The molecular weight excluding hydrogens is 507 g/mol. The highest BCUT2D eigenvalue weighted by Crippen LogP contribution is 2.32. The van der Waals surface area contributed by atoms with E-state index >= 15 is 0 Å². The van der Waals surface area contributed by atoms with E-state index < -0.39 is 17.5 Å². The van der Waals surface area contributed by atoms with Crippen molar-refractivity contribution in [3.05, 3.63) is 86.4 Å². The van der Waals surface area contributed by atoms with E-state index in [-0.39, 0.29) is 32.6 Å². The summed E-state index contributed by atoms with van der Waals surface area (Å²) >= 11 is 12.5. The summed E-state index contributed by atoms with van der Waals surface area (Å²) in [6.45, 7) is 2.15. The van der Waals surface area contributed by atoms with Crippen molar-refractivity contribution in [2.75, 3.05) is 25.5 Å². The van der Waals surface area contributed by atoms with Crippen molar-refractivity contribution in [3.8, 4) is 5.69 Å². The Morgan fingerprint density at radius 2 is 1.72 bits per heavy atom. The van der Waals surface area contributed by atoms with Gasteiger partial charge in [-0.2, -0.15) is 0 Å². The zero-order chi connectivity index (χ0) is 25.4. The van der Waals surface area contributed by atoms with Crippen molar-refractivity contribution in [1.29, 1.82) is 0 Å². The summed E-state index contributed by atoms with van der Waals surface area (Å²) in [6, 6.07) is 12.6. The highest BCUT2D eigenvalue weighted by atomic mass is 35.5. The van der Waals surface area contributed by atoms with E-state index in [4.69, 9.17) is 23.2 Å². The number of aromatic nitrogens is 3. The number of piperidine rings is 1. The molecule has 0 unspecified atom stereocenters. The molecule has 1 fully saturated rings. The van der Waals surface area contributed by atoms with Crippen molar-refractivity contribution in [2.45, 2.75) is 25.2 Å². The zero-order valence-corrected chi connectivity index (χ0v) is 20.9. The van der Waals surface area contributed by atoms with Gasteiger partial charge in [-0.05, 0) is 68.7 Å². The number of rotatable bonds is 5. The lowest BCUT2D eigenvalue weighted by atomic mass is 9.89. The molecule has 0 atom stereocenters. The lowest BCUT2D eigenvalue weighted by Crippen LogP contribution is -2.29. The minimum atomic E-state index is -2.89. The smallest absolute Gasteiger partial charge is 0.267 e. The van der Waals surface area contributed by atoms with Crippen LogP contribution < -0.4 is 10.9 Å². The predicted octanol–water partition coefficient (Wildman–Crippen LogP) is 6.58. The maximum Gasteiger partial charge on any atom is 0.267 e. The first kappa shape index (κ1) is 24.6. The van der Waals surface area contributed by atoms with Crippen LogP contribution in [-0.4, -0.2) is 39.6 Å². The van der Waals surface area contributed by atoms with E-state index in [9.17, 15) is 13.6 Å². The van der Waals surface area contributed by atoms with Crippen LogP contribution in [0.1, 0.15) is 36.3 Å². The maximum atomic E-state index is 14.1. The van der Waals surface area contributed by atoms with E-state index in [1.165, 1.54) is 23.9 Å². The van der Waals surface area contributed by atoms with Gasteiger partial charge in [0.1, 0.15) is 0 Å². The molecule has 6 nitrogen and oxygen atoms in total. The molecule has 4 aromatic rings. The van der Waals surface area contributed by atoms with Gasteiger partial charge in [-0.15, -0.1) is 0 Å². The van der Waals surface area contributed by atoms with Crippen LogP contribution >= 0.6 is 23.2 Å². The van der Waals surface area contributed by atoms with Gasteiger partial charge in [-0.25, -0.2) is 18.7 Å². The van der Waals surface area contributed by atoms with E-state index in [1.807, 2.05) is 12.1 Å². The molecule has 3 heterocycles. The Balaban J connectivity index is 1.48. The molecule has 1 saturated heterocycles. The van der Waals surface area contributed by atoms with E-state index in [0.717, 1.165) is 42.4 Å². The van der Waals surface area contributed by atoms with Crippen molar-refractivity contribution in [3.63, 3.8) is 0 Å². The van der Waals surface area contributed by atoms with Crippen LogP contribution in [0.2, 0.25) is 10.0 Å². The number of alkyl halides is 2. The van der Waals surface area contributed by atoms with Gasteiger partial charge in [0, 0.05) is 18.1 Å². The lowest BCUT2D eigenvalue weighted by molar-refractivity contribution is 0.152. The second-order valence-corrected chi connectivity index (χ2v) is 9.73. The van der Waals surface area contributed by atoms with E-state index in [0.29, 0.717) is 5.92 Å². The van der Waals surface area contributed by atoms with E-state index in [2.05, 4.69) is 39.4 Å². The van der Waals surface area contributed by atoms with Gasteiger partial charge in [0.2, 0.25) is 5.95 Å². The SMILES string of the molecule is CN1CCC(c2ccc(Nc3ncc4c(=O)n(-c5c(Cl)cccc5Cl)cc(C(F)F)c4n3)cc2)CC1. The number of likely N-dealkylation sites (tertiary alicyclic amines) is 1. The highest BCUT2D eigenvalue weighted by molar-refractivity contribution is 6.37. The highest BCUT2D eigenvalue weighted by Gasteiger charge is 2.22. The largest absolute Gasteiger partial charge is 0.324 e. The summed E-state index contributed by atoms with van der Waals surface area (Å²) in [5, 5.41) is 3.31. The number of hydrogen-bond acceptors (Lipinski definition) is 5. The fourth-order valence-corrected chi connectivity index (χ4v) is 5.14. The molecule has 186 valence electrons. The van der Waals surface area contributed by atoms with Crippen LogP contribution in [0.4, 0.5) is 20.4 Å². The number of fused-ring (bicyclic) bond motifs is 1. The first-order valence-corrected chi connectivity index (χ1v) is 12.3. The van der Waals surface area contributed by atoms with Crippen LogP contribution in [0.5, 0.6) is 0 Å². The standard InChI is InChI=1S/C26H23Cl2F2N5O/c1-34-11-9-16(10-12-34)15-5-7-17(8-6-15)32-26-31-13-18-22(33-26)19(24(29)30)14-35(25(18)36)23-20(27)3-2-4-21(23)28/h2-8,13-14,16,24H,9-12H2,1H3,(H,31,32,33). The second-order valence-electron chi connectivity index (χ2n) is 8.91. The Hall–Kier alpha value is -3.07. The van der Waals surface area contributed by atoms with Gasteiger partial charge in [-0.1, -0.05) is 41.4 Å². The summed E-state index contributed by atoms with van der Waals surface area (Å²) in [5.41, 5.74) is 0.964. The van der Waals surface area contributed by atoms with Crippen molar-refractivity contribution >= 4 is 45.7 Å². The molecule has 0 saturated carbocycles. The number of halogens is 4. The third-order valence-corrected chi connectivity index (χ3v) is 7.16. The molecule has 0 amide bonds. The molecule has 0 radical (unpaired) electrons. The zero-order valence-electron chi connectivity index (χ0n) is 19.4. The van der Waals surface area contributed by atoms with Gasteiger partial charge >= 0.3 is 0 Å². The quantitative estimate of drug-likeness (QED) is 0.316. The Morgan fingerprint density at radius 3 is 2.36 bits per heavy atom. The van der Waals surface area contributed by atoms with Crippen LogP contribution in [0, 0.1) is 0 Å². The molecule has 5 rings (SSSR count). The summed E-state index contributed by atoms with van der Waals surface area (Å²) in [6.07, 6.45) is 1.62. The summed E-state index contributed by atoms with van der Waals surface area (Å²) in [5.74, 6) is 0.638. The average molecular weight is 530 g/mol. The van der Waals surface area contributed by atoms with Gasteiger partial charge < -0.3 is 10.2 Å². The van der Waals surface area contributed by atoms with Crippen LogP contribution in [0.15, 0.2) is 59.7 Å². The fraction of sp³-hybridized carbons (Fsp3) is 0.269. The Bertz CT molecular complexity index is 1450. The molecule has 0 aliphatic carbocycles. The Morgan fingerprint density at radius 1 is 1.06 bits per heavy atom. The minimum absolute atomic E-state index is 0.0630. The second kappa shape index (κ2) is 10.1. The molecule has 0 spiro atoms. The number of benzene rings is 2.